The highest BCUT2D eigenvalue weighted by atomic mass is 16.4. The molecule has 0 spiro atoms. The number of aromatic nitrogens is 2. The Balaban J connectivity index is 2.18. The predicted octanol–water partition coefficient (Wildman–Crippen LogP) is 2.12. The van der Waals surface area contributed by atoms with E-state index in [1.807, 2.05) is 37.1 Å². The number of rotatable bonds is 4. The van der Waals surface area contributed by atoms with Crippen LogP contribution in [0.5, 0.6) is 0 Å². The SMILES string of the molecule is Cc1cccc(CN(C)c2cccc(C(=O)O)n2)n1. The third kappa shape index (κ3) is 3.28. The molecule has 0 aromatic carbocycles. The van der Waals surface area contributed by atoms with Gasteiger partial charge in [0.2, 0.25) is 0 Å². The van der Waals surface area contributed by atoms with Crippen LogP contribution in [0.3, 0.4) is 0 Å². The highest BCUT2D eigenvalue weighted by Gasteiger charge is 2.09. The zero-order valence-electron chi connectivity index (χ0n) is 10.9. The number of hydrogen-bond donors (Lipinski definition) is 1. The van der Waals surface area contributed by atoms with Gasteiger partial charge in [-0.05, 0) is 31.2 Å². The van der Waals surface area contributed by atoms with Gasteiger partial charge in [0.05, 0.1) is 12.2 Å². The van der Waals surface area contributed by atoms with E-state index < -0.39 is 5.97 Å². The Labute approximate surface area is 111 Å². The first-order valence-corrected chi connectivity index (χ1v) is 5.90. The molecule has 0 unspecified atom stereocenters. The van der Waals surface area contributed by atoms with E-state index in [2.05, 4.69) is 9.97 Å². The molecule has 0 amide bonds. The first-order chi connectivity index (χ1) is 9.06. The highest BCUT2D eigenvalue weighted by molar-refractivity contribution is 5.85. The zero-order valence-corrected chi connectivity index (χ0v) is 10.9. The average molecular weight is 257 g/mol. The van der Waals surface area contributed by atoms with Gasteiger partial charge in [-0.3, -0.25) is 4.98 Å². The lowest BCUT2D eigenvalue weighted by Crippen LogP contribution is -2.19. The van der Waals surface area contributed by atoms with Crippen LogP contribution in [-0.4, -0.2) is 28.1 Å². The lowest BCUT2D eigenvalue weighted by Gasteiger charge is -2.18. The van der Waals surface area contributed by atoms with Crippen LogP contribution in [0.2, 0.25) is 0 Å². The number of carboxylic acids is 1. The second kappa shape index (κ2) is 5.48. The molecule has 98 valence electrons. The first-order valence-electron chi connectivity index (χ1n) is 5.90. The minimum absolute atomic E-state index is 0.0431. The number of nitrogens with zero attached hydrogens (tertiary/aromatic N) is 3. The van der Waals surface area contributed by atoms with Gasteiger partial charge in [0.25, 0.3) is 0 Å². The van der Waals surface area contributed by atoms with Crippen molar-refractivity contribution in [3.05, 3.63) is 53.5 Å². The van der Waals surface area contributed by atoms with E-state index in [0.29, 0.717) is 12.4 Å². The van der Waals surface area contributed by atoms with Gasteiger partial charge in [0.1, 0.15) is 5.82 Å². The maximum Gasteiger partial charge on any atom is 0.354 e. The Morgan fingerprint density at radius 1 is 1.21 bits per heavy atom. The summed E-state index contributed by atoms with van der Waals surface area (Å²) < 4.78 is 0. The molecular weight excluding hydrogens is 242 g/mol. The Morgan fingerprint density at radius 3 is 2.63 bits per heavy atom. The number of anilines is 1. The smallest absolute Gasteiger partial charge is 0.354 e. The second-order valence-corrected chi connectivity index (χ2v) is 4.31. The van der Waals surface area contributed by atoms with Crippen LogP contribution < -0.4 is 4.90 Å². The fourth-order valence-electron chi connectivity index (χ4n) is 1.77. The lowest BCUT2D eigenvalue weighted by molar-refractivity contribution is 0.0690. The van der Waals surface area contributed by atoms with Crippen LogP contribution >= 0.6 is 0 Å². The number of hydrogen-bond acceptors (Lipinski definition) is 4. The van der Waals surface area contributed by atoms with Crippen molar-refractivity contribution in [1.82, 2.24) is 9.97 Å². The fourth-order valence-corrected chi connectivity index (χ4v) is 1.77. The molecule has 0 aliphatic heterocycles. The number of aromatic carboxylic acids is 1. The largest absolute Gasteiger partial charge is 0.477 e. The van der Waals surface area contributed by atoms with Crippen LogP contribution in [0, 0.1) is 6.92 Å². The van der Waals surface area contributed by atoms with Crippen LogP contribution in [0.15, 0.2) is 36.4 Å². The lowest BCUT2D eigenvalue weighted by atomic mass is 10.3. The summed E-state index contributed by atoms with van der Waals surface area (Å²) in [6, 6.07) is 10.8. The molecule has 0 saturated heterocycles. The van der Waals surface area contributed by atoms with Crippen LogP contribution in [0.25, 0.3) is 0 Å². The van der Waals surface area contributed by atoms with E-state index in [1.54, 1.807) is 12.1 Å². The molecule has 0 radical (unpaired) electrons. The van der Waals surface area contributed by atoms with Gasteiger partial charge in [-0.1, -0.05) is 12.1 Å². The van der Waals surface area contributed by atoms with Crippen molar-refractivity contribution in [2.45, 2.75) is 13.5 Å². The predicted molar refractivity (Wildman–Crippen MR) is 72.3 cm³/mol. The van der Waals surface area contributed by atoms with E-state index in [1.165, 1.54) is 6.07 Å². The van der Waals surface area contributed by atoms with Gasteiger partial charge < -0.3 is 10.0 Å². The van der Waals surface area contributed by atoms with E-state index in [9.17, 15) is 4.79 Å². The van der Waals surface area contributed by atoms with Crippen molar-refractivity contribution in [2.75, 3.05) is 11.9 Å². The summed E-state index contributed by atoms with van der Waals surface area (Å²) >= 11 is 0. The summed E-state index contributed by atoms with van der Waals surface area (Å²) in [6.45, 7) is 2.52. The molecule has 2 heterocycles. The summed E-state index contributed by atoms with van der Waals surface area (Å²) in [5.41, 5.74) is 1.92. The summed E-state index contributed by atoms with van der Waals surface area (Å²) in [5.74, 6) is -0.410. The summed E-state index contributed by atoms with van der Waals surface area (Å²) in [4.78, 5) is 21.3. The molecule has 5 heteroatoms. The van der Waals surface area contributed by atoms with Crippen molar-refractivity contribution >= 4 is 11.8 Å². The molecule has 0 aliphatic rings. The van der Waals surface area contributed by atoms with Gasteiger partial charge in [-0.15, -0.1) is 0 Å². The standard InChI is InChI=1S/C14H15N3O2/c1-10-5-3-6-11(15-10)9-17(2)13-8-4-7-12(16-13)14(18)19/h3-8H,9H2,1-2H3,(H,18,19). The second-order valence-electron chi connectivity index (χ2n) is 4.31. The summed E-state index contributed by atoms with van der Waals surface area (Å²) in [5, 5.41) is 8.92. The Hall–Kier alpha value is -2.43. The molecule has 0 atom stereocenters. The molecule has 19 heavy (non-hydrogen) atoms. The van der Waals surface area contributed by atoms with Gasteiger partial charge in [-0.2, -0.15) is 0 Å². The topological polar surface area (TPSA) is 66.3 Å². The number of carbonyl (C=O) groups is 1. The monoisotopic (exact) mass is 257 g/mol. The Bertz CT molecular complexity index is 599. The molecule has 0 fully saturated rings. The maximum atomic E-state index is 10.9. The van der Waals surface area contributed by atoms with Crippen LogP contribution in [0.4, 0.5) is 5.82 Å². The van der Waals surface area contributed by atoms with E-state index in [-0.39, 0.29) is 5.69 Å². The highest BCUT2D eigenvalue weighted by Crippen LogP contribution is 2.12. The molecule has 2 aromatic heterocycles. The molecule has 2 rings (SSSR count). The normalized spacial score (nSPS) is 10.2. The van der Waals surface area contributed by atoms with Crippen molar-refractivity contribution < 1.29 is 9.90 Å². The Morgan fingerprint density at radius 2 is 1.95 bits per heavy atom. The van der Waals surface area contributed by atoms with Gasteiger partial charge in [0, 0.05) is 12.7 Å². The summed E-state index contributed by atoms with van der Waals surface area (Å²) in [6.07, 6.45) is 0. The average Bonchev–Trinajstić information content (AvgIpc) is 2.39. The quantitative estimate of drug-likeness (QED) is 0.908. The molecule has 2 aromatic rings. The third-order valence-electron chi connectivity index (χ3n) is 2.69. The number of carboxylic acid groups (broad SMARTS) is 1. The van der Waals surface area contributed by atoms with Crippen molar-refractivity contribution in [3.63, 3.8) is 0 Å². The Kier molecular flexibility index (Phi) is 3.75. The fraction of sp³-hybridized carbons (Fsp3) is 0.214. The van der Waals surface area contributed by atoms with Crippen LogP contribution in [0.1, 0.15) is 21.9 Å². The van der Waals surface area contributed by atoms with E-state index >= 15 is 0 Å². The van der Waals surface area contributed by atoms with Crippen molar-refractivity contribution in [2.24, 2.45) is 0 Å². The van der Waals surface area contributed by atoms with Gasteiger partial charge in [0.15, 0.2) is 5.69 Å². The zero-order chi connectivity index (χ0) is 13.8. The minimum Gasteiger partial charge on any atom is -0.477 e. The molecule has 1 N–H and O–H groups in total. The summed E-state index contributed by atoms with van der Waals surface area (Å²) in [7, 11) is 1.86. The van der Waals surface area contributed by atoms with Crippen LogP contribution in [-0.2, 0) is 6.54 Å². The first kappa shape index (κ1) is 13.0. The third-order valence-corrected chi connectivity index (χ3v) is 2.69. The molecular formula is C14H15N3O2. The molecule has 5 nitrogen and oxygen atoms in total. The van der Waals surface area contributed by atoms with E-state index in [0.717, 1.165) is 11.4 Å². The maximum absolute atomic E-state index is 10.9. The molecule has 0 aliphatic carbocycles. The molecule has 0 saturated carbocycles. The molecule has 0 bridgehead atoms. The number of aryl methyl sites for hydroxylation is 1. The van der Waals surface area contributed by atoms with Crippen molar-refractivity contribution in [1.29, 1.82) is 0 Å². The van der Waals surface area contributed by atoms with Crippen molar-refractivity contribution in [3.8, 4) is 0 Å². The minimum atomic E-state index is -1.02. The number of pyridine rings is 2. The van der Waals surface area contributed by atoms with Gasteiger partial charge in [-0.25, -0.2) is 9.78 Å². The van der Waals surface area contributed by atoms with Gasteiger partial charge >= 0.3 is 5.97 Å². The van der Waals surface area contributed by atoms with E-state index in [4.69, 9.17) is 5.11 Å².